The fourth-order valence-electron chi connectivity index (χ4n) is 5.46. The van der Waals surface area contributed by atoms with Crippen LogP contribution in [0.25, 0.3) is 0 Å². The van der Waals surface area contributed by atoms with Gasteiger partial charge in [-0.1, -0.05) is 69.2 Å². The van der Waals surface area contributed by atoms with Crippen molar-refractivity contribution in [1.29, 1.82) is 0 Å². The van der Waals surface area contributed by atoms with E-state index >= 15 is 0 Å². The number of Topliss-reactive ketones (excluding diaryl/α,β-unsaturated/α-hetero) is 1. The van der Waals surface area contributed by atoms with Gasteiger partial charge in [-0.3, -0.25) is 42.8 Å². The number of nitrogens with zero attached hydrogens (tertiary/aromatic N) is 5. The second-order valence-corrected chi connectivity index (χ2v) is 28.4. The number of fused-ring (bicyclic) bond motifs is 1. The Labute approximate surface area is 361 Å². The van der Waals surface area contributed by atoms with Gasteiger partial charge < -0.3 is 24.2 Å². The number of ether oxygens (including phenoxy) is 1. The number of nitrogens with one attached hydrogen (secondary N) is 2. The number of nitro groups is 1. The molecule has 2 atom stereocenters. The first kappa shape index (κ1) is 53.5. The normalized spacial score (nSPS) is 15.1. The zero-order valence-electron chi connectivity index (χ0n) is 38.3. The van der Waals surface area contributed by atoms with Gasteiger partial charge in [-0.2, -0.15) is 0 Å². The molecule has 1 aliphatic rings. The van der Waals surface area contributed by atoms with Crippen LogP contribution in [0.4, 0.5) is 17.3 Å². The van der Waals surface area contributed by atoms with E-state index in [-0.39, 0.29) is 84.9 Å². The van der Waals surface area contributed by atoms with Crippen LogP contribution in [0.2, 0.25) is 36.3 Å². The van der Waals surface area contributed by atoms with E-state index in [4.69, 9.17) is 13.6 Å². The van der Waals surface area contributed by atoms with Gasteiger partial charge in [0.05, 0.1) is 30.8 Å². The van der Waals surface area contributed by atoms with Crippen LogP contribution in [0.15, 0.2) is 19.2 Å². The summed E-state index contributed by atoms with van der Waals surface area (Å²) in [4.78, 5) is 86.3. The average molecular weight is 920 g/mol. The number of anilines is 2. The topological polar surface area (TPSA) is 217 Å². The van der Waals surface area contributed by atoms with Crippen LogP contribution in [0.3, 0.4) is 0 Å². The predicted molar refractivity (Wildman–Crippen MR) is 230 cm³/mol. The largest absolute Gasteiger partial charge is 0.467 e. The van der Waals surface area contributed by atoms with Gasteiger partial charge >= 0.3 is 28.6 Å². The molecule has 3 rings (SSSR count). The number of esters is 1. The molecule has 0 radical (unpaired) electrons. The van der Waals surface area contributed by atoms with Gasteiger partial charge in [0, 0.05) is 53.1 Å². The third kappa shape index (κ3) is 12.7. The quantitative estimate of drug-likeness (QED) is 0.118. The molecule has 0 bridgehead atoms. The summed E-state index contributed by atoms with van der Waals surface area (Å²) in [6.45, 7) is 29.2. The average Bonchev–Trinajstić information content (AvgIpc) is 3.09. The molecule has 0 amide bonds. The van der Waals surface area contributed by atoms with Crippen molar-refractivity contribution >= 4 is 45.7 Å². The van der Waals surface area contributed by atoms with E-state index in [0.29, 0.717) is 22.5 Å². The number of rotatable bonds is 14. The molecule has 59 heavy (non-hydrogen) atoms. The summed E-state index contributed by atoms with van der Waals surface area (Å²) in [5, 5.41) is 17.5. The molecule has 0 aromatic carbocycles. The second kappa shape index (κ2) is 20.4. The van der Waals surface area contributed by atoms with Gasteiger partial charge in [-0.05, 0) is 48.1 Å². The van der Waals surface area contributed by atoms with Gasteiger partial charge in [-0.15, -0.1) is 0 Å². The van der Waals surface area contributed by atoms with Crippen molar-refractivity contribution in [3.05, 3.63) is 57.4 Å². The fraction of sp³-hybridized carbons (Fsp3) is 0.737. The Bertz CT molecular complexity index is 2090. The Balaban J connectivity index is 0.000000585. The molecule has 0 spiro atoms. The number of hydrogen-bond donors (Lipinski definition) is 2. The van der Waals surface area contributed by atoms with E-state index in [1.54, 1.807) is 4.57 Å². The molecular formula is C38H67N7O11Si2Zn. The van der Waals surface area contributed by atoms with Crippen LogP contribution in [0.1, 0.15) is 74.8 Å². The molecule has 330 valence electrons. The van der Waals surface area contributed by atoms with Crippen LogP contribution in [-0.4, -0.2) is 84.0 Å². The molecule has 2 unspecified atom stereocenters. The molecular weight excluding hydrogens is 852 g/mol. The molecule has 2 aromatic rings. The van der Waals surface area contributed by atoms with E-state index in [1.807, 2.05) is 61.6 Å². The van der Waals surface area contributed by atoms with Gasteiger partial charge in [0.25, 0.3) is 5.56 Å². The van der Waals surface area contributed by atoms with Crippen molar-refractivity contribution in [3.8, 4) is 0 Å². The molecule has 18 nitrogen and oxygen atoms in total. The molecule has 2 aromatic heterocycles. The minimum atomic E-state index is -2.27. The van der Waals surface area contributed by atoms with E-state index in [0.717, 1.165) is 9.13 Å². The summed E-state index contributed by atoms with van der Waals surface area (Å²) in [5.74, 6) is -0.493. The van der Waals surface area contributed by atoms with Gasteiger partial charge in [0.2, 0.25) is 0 Å². The van der Waals surface area contributed by atoms with Crippen molar-refractivity contribution in [3.63, 3.8) is 0 Å². The Morgan fingerprint density at radius 2 is 1.31 bits per heavy atom. The van der Waals surface area contributed by atoms with Gasteiger partial charge in [-0.25, -0.2) is 14.4 Å². The fourth-order valence-corrected chi connectivity index (χ4v) is 7.49. The number of ketones is 1. The number of carbonyl (C=O) groups is 2. The number of hydrogen-bond acceptors (Lipinski definition) is 13. The van der Waals surface area contributed by atoms with Crippen LogP contribution in [-0.2, 0) is 76.3 Å². The molecule has 0 saturated heterocycles. The third-order valence-corrected chi connectivity index (χ3v) is 20.1. The second-order valence-electron chi connectivity index (χ2n) is 18.8. The number of carbonyl (C=O) groups excluding carboxylic acids is 2. The predicted octanol–water partition coefficient (Wildman–Crippen LogP) is 4.21. The SMILES string of the molecule is CC(C)Cn1c2c(c(=O)n(C)c1=O)CC(=O)C(CO[Si](C)(C)C(C)(C)C)N2.COC(=O)C(CO[Si](C)(C)C(C)(C)C)Nc1c([N+](=O)[O-])c(=O)n(C)c(=O)n1CC(C)C.[Zn]. The Morgan fingerprint density at radius 3 is 1.76 bits per heavy atom. The van der Waals surface area contributed by atoms with E-state index in [9.17, 15) is 38.9 Å². The third-order valence-electron chi connectivity index (χ3n) is 11.1. The minimum Gasteiger partial charge on any atom is -0.467 e. The van der Waals surface area contributed by atoms with Crippen LogP contribution >= 0.6 is 0 Å². The molecule has 2 N–H and O–H groups in total. The minimum absolute atomic E-state index is 0. The van der Waals surface area contributed by atoms with Crippen molar-refractivity contribution in [2.24, 2.45) is 25.9 Å². The Hall–Kier alpha value is -3.52. The number of aromatic nitrogens is 4. The van der Waals surface area contributed by atoms with Crippen LogP contribution < -0.4 is 33.1 Å². The molecule has 3 heterocycles. The summed E-state index contributed by atoms with van der Waals surface area (Å²) in [6, 6.07) is -1.70. The van der Waals surface area contributed by atoms with Crippen molar-refractivity contribution in [1.82, 2.24) is 18.3 Å². The summed E-state index contributed by atoms with van der Waals surface area (Å²) < 4.78 is 21.6. The van der Waals surface area contributed by atoms with E-state index < -0.39 is 62.1 Å². The maximum Gasteiger partial charge on any atom is 0.374 e. The van der Waals surface area contributed by atoms with Crippen LogP contribution in [0.5, 0.6) is 0 Å². The van der Waals surface area contributed by atoms with Crippen LogP contribution in [0, 0.1) is 22.0 Å². The first-order valence-electron chi connectivity index (χ1n) is 19.5. The van der Waals surface area contributed by atoms with Crippen molar-refractivity contribution in [2.45, 2.75) is 137 Å². The summed E-state index contributed by atoms with van der Waals surface area (Å²) in [7, 11) is -0.455. The van der Waals surface area contributed by atoms with E-state index in [2.05, 4.69) is 44.5 Å². The van der Waals surface area contributed by atoms with Crippen molar-refractivity contribution < 1.29 is 47.6 Å². The smallest absolute Gasteiger partial charge is 0.374 e. The monoisotopic (exact) mass is 917 g/mol. The van der Waals surface area contributed by atoms with Gasteiger partial charge in [0.1, 0.15) is 17.9 Å². The van der Waals surface area contributed by atoms with Gasteiger partial charge in [0.15, 0.2) is 28.2 Å². The Kier molecular flexibility index (Phi) is 18.5. The molecule has 0 aliphatic carbocycles. The molecule has 0 saturated carbocycles. The molecule has 21 heteroatoms. The summed E-state index contributed by atoms with van der Waals surface area (Å²) in [5.41, 5.74) is -3.00. The first-order chi connectivity index (χ1) is 26.3. The summed E-state index contributed by atoms with van der Waals surface area (Å²) in [6.07, 6.45) is 0.0267. The number of methoxy groups -OCH3 is 1. The first-order valence-corrected chi connectivity index (χ1v) is 25.3. The Morgan fingerprint density at radius 1 is 0.847 bits per heavy atom. The van der Waals surface area contributed by atoms with E-state index in [1.165, 1.54) is 21.2 Å². The molecule has 1 aliphatic heterocycles. The maximum atomic E-state index is 12.7. The standard InChI is InChI=1S/C19H34N4O7Si.C19H33N3O4Si.Zn/c1-12(2)10-22-15(14(23(27)28)16(24)21(6)18(22)26)20-13(17(25)29-7)11-30-31(8,9)19(3,4)5;1-12(2)10-22-16-13(17(24)21(6)18(22)25)9-15(23)14(20-16)11-26-27(7,8)19(3,4)5;/h12-13,20H,10-11H2,1-9H3;12,14,20H,9-11H2,1-8H3;. The van der Waals surface area contributed by atoms with Crippen molar-refractivity contribution in [2.75, 3.05) is 31.0 Å². The summed E-state index contributed by atoms with van der Waals surface area (Å²) >= 11 is 0. The zero-order chi connectivity index (χ0) is 45.0. The zero-order valence-corrected chi connectivity index (χ0v) is 43.2. The molecule has 0 fully saturated rings. The maximum absolute atomic E-state index is 12.7.